The first-order valence-electron chi connectivity index (χ1n) is 6.79. The van der Waals surface area contributed by atoms with Crippen molar-refractivity contribution in [2.24, 2.45) is 5.92 Å². The molecule has 0 N–H and O–H groups in total. The van der Waals surface area contributed by atoms with Crippen LogP contribution in [0.3, 0.4) is 0 Å². The quantitative estimate of drug-likeness (QED) is 0.801. The van der Waals surface area contributed by atoms with Gasteiger partial charge in [-0.3, -0.25) is 4.79 Å². The summed E-state index contributed by atoms with van der Waals surface area (Å²) in [6.45, 7) is 0. The summed E-state index contributed by atoms with van der Waals surface area (Å²) < 4.78 is 28.6. The average Bonchev–Trinajstić information content (AvgIpc) is 2.45. The summed E-state index contributed by atoms with van der Waals surface area (Å²) in [5.74, 6) is 0.328. The van der Waals surface area contributed by atoms with Crippen molar-refractivity contribution in [1.29, 1.82) is 0 Å². The lowest BCUT2D eigenvalue weighted by Gasteiger charge is -2.27. The third-order valence-electron chi connectivity index (χ3n) is 3.97. The molecule has 0 saturated heterocycles. The highest BCUT2D eigenvalue weighted by atomic mass is 32.2. The molecule has 1 aromatic carbocycles. The number of methoxy groups -OCH3 is 1. The summed E-state index contributed by atoms with van der Waals surface area (Å²) in [4.78, 5) is 12.6. The van der Waals surface area contributed by atoms with Crippen LogP contribution in [-0.2, 0) is 9.84 Å². The average molecular weight is 296 g/mol. The second kappa shape index (κ2) is 5.95. The molecule has 2 unspecified atom stereocenters. The predicted molar refractivity (Wildman–Crippen MR) is 77.9 cm³/mol. The predicted octanol–water partition coefficient (Wildman–Crippen LogP) is 2.48. The SMILES string of the molecule is COc1ccccc1C(=O)C1CCCC(S(C)(=O)=O)C1. The van der Waals surface area contributed by atoms with Crippen LogP contribution in [-0.4, -0.2) is 32.8 Å². The number of benzene rings is 1. The van der Waals surface area contributed by atoms with Crippen LogP contribution >= 0.6 is 0 Å². The Balaban J connectivity index is 2.21. The van der Waals surface area contributed by atoms with Crippen molar-refractivity contribution in [1.82, 2.24) is 0 Å². The largest absolute Gasteiger partial charge is 0.496 e. The molecule has 110 valence electrons. The summed E-state index contributed by atoms with van der Waals surface area (Å²) in [5, 5.41) is -0.389. The molecule has 1 saturated carbocycles. The topological polar surface area (TPSA) is 60.4 Å². The molecule has 4 nitrogen and oxygen atoms in total. The summed E-state index contributed by atoms with van der Waals surface area (Å²) in [6, 6.07) is 7.11. The van der Waals surface area contributed by atoms with Crippen LogP contribution in [0.5, 0.6) is 5.75 Å². The third-order valence-corrected chi connectivity index (χ3v) is 5.61. The van der Waals surface area contributed by atoms with Gasteiger partial charge in [0.2, 0.25) is 0 Å². The minimum absolute atomic E-state index is 0.00389. The monoisotopic (exact) mass is 296 g/mol. The summed E-state index contributed by atoms with van der Waals surface area (Å²) in [5.41, 5.74) is 0.550. The number of carbonyl (C=O) groups is 1. The Labute approximate surface area is 120 Å². The van der Waals surface area contributed by atoms with Crippen molar-refractivity contribution in [2.45, 2.75) is 30.9 Å². The number of rotatable bonds is 4. The van der Waals surface area contributed by atoms with Crippen LogP contribution in [0.2, 0.25) is 0 Å². The zero-order valence-electron chi connectivity index (χ0n) is 11.8. The molecule has 1 aliphatic rings. The Bertz CT molecular complexity index is 592. The fourth-order valence-corrected chi connectivity index (χ4v) is 4.02. The number of Topliss-reactive ketones (excluding diaryl/α,β-unsaturated/α-hetero) is 1. The Morgan fingerprint density at radius 2 is 1.95 bits per heavy atom. The van der Waals surface area contributed by atoms with E-state index in [0.29, 0.717) is 24.2 Å². The van der Waals surface area contributed by atoms with Crippen LogP contribution in [0.15, 0.2) is 24.3 Å². The Hall–Kier alpha value is -1.36. The number of sulfone groups is 1. The van der Waals surface area contributed by atoms with Crippen molar-refractivity contribution < 1.29 is 17.9 Å². The van der Waals surface area contributed by atoms with Crippen LogP contribution in [0.1, 0.15) is 36.0 Å². The summed E-state index contributed by atoms with van der Waals surface area (Å²) in [7, 11) is -1.54. The number of carbonyl (C=O) groups excluding carboxylic acids is 1. The van der Waals surface area contributed by atoms with E-state index < -0.39 is 9.84 Å². The van der Waals surface area contributed by atoms with Gasteiger partial charge in [0.15, 0.2) is 5.78 Å². The van der Waals surface area contributed by atoms with Crippen LogP contribution in [0, 0.1) is 5.92 Å². The van der Waals surface area contributed by atoms with E-state index in [4.69, 9.17) is 4.74 Å². The highest BCUT2D eigenvalue weighted by molar-refractivity contribution is 7.91. The van der Waals surface area contributed by atoms with E-state index in [0.717, 1.165) is 12.8 Å². The minimum atomic E-state index is -3.07. The first kappa shape index (κ1) is 15.0. The van der Waals surface area contributed by atoms with Gasteiger partial charge in [-0.2, -0.15) is 0 Å². The van der Waals surface area contributed by atoms with Crippen LogP contribution in [0.25, 0.3) is 0 Å². The van der Waals surface area contributed by atoms with Gasteiger partial charge in [-0.05, 0) is 31.4 Å². The van der Waals surface area contributed by atoms with E-state index in [2.05, 4.69) is 0 Å². The molecule has 2 atom stereocenters. The fourth-order valence-electron chi connectivity index (χ4n) is 2.84. The molecule has 1 aliphatic carbocycles. The second-order valence-electron chi connectivity index (χ2n) is 5.38. The van der Waals surface area contributed by atoms with Crippen molar-refractivity contribution >= 4 is 15.6 Å². The minimum Gasteiger partial charge on any atom is -0.496 e. The maximum Gasteiger partial charge on any atom is 0.169 e. The van der Waals surface area contributed by atoms with Crippen LogP contribution in [0.4, 0.5) is 0 Å². The van der Waals surface area contributed by atoms with Gasteiger partial charge in [-0.25, -0.2) is 8.42 Å². The summed E-state index contributed by atoms with van der Waals surface area (Å²) in [6.07, 6.45) is 3.88. The standard InChI is InChI=1S/C15H20O4S/c1-19-14-9-4-3-8-13(14)15(16)11-6-5-7-12(10-11)20(2,17)18/h3-4,8-9,11-12H,5-7,10H2,1-2H3. The molecule has 0 spiro atoms. The summed E-state index contributed by atoms with van der Waals surface area (Å²) >= 11 is 0. The first-order valence-corrected chi connectivity index (χ1v) is 8.75. The number of ether oxygens (including phenoxy) is 1. The Morgan fingerprint density at radius 1 is 1.25 bits per heavy atom. The van der Waals surface area contributed by atoms with Crippen LogP contribution < -0.4 is 4.74 Å². The maximum atomic E-state index is 12.6. The third kappa shape index (κ3) is 3.20. The molecule has 2 rings (SSSR count). The van der Waals surface area contributed by atoms with Gasteiger partial charge >= 0.3 is 0 Å². The van der Waals surface area contributed by atoms with Crippen molar-refractivity contribution in [3.05, 3.63) is 29.8 Å². The van der Waals surface area contributed by atoms with E-state index in [9.17, 15) is 13.2 Å². The van der Waals surface area contributed by atoms with Crippen molar-refractivity contribution in [2.75, 3.05) is 13.4 Å². The maximum absolute atomic E-state index is 12.6. The molecule has 0 heterocycles. The van der Waals surface area contributed by atoms with Gasteiger partial charge in [0.05, 0.1) is 17.9 Å². The number of ketones is 1. The molecule has 0 aliphatic heterocycles. The number of para-hydroxylation sites is 1. The van der Waals surface area contributed by atoms with Crippen molar-refractivity contribution in [3.63, 3.8) is 0 Å². The zero-order chi connectivity index (χ0) is 14.8. The Kier molecular flexibility index (Phi) is 4.48. The normalized spacial score (nSPS) is 23.3. The first-order chi connectivity index (χ1) is 9.43. The number of hydrogen-bond donors (Lipinski definition) is 0. The molecule has 0 aromatic heterocycles. The van der Waals surface area contributed by atoms with Gasteiger partial charge in [0.1, 0.15) is 15.6 Å². The van der Waals surface area contributed by atoms with Crippen molar-refractivity contribution in [3.8, 4) is 5.75 Å². The van der Waals surface area contributed by atoms with E-state index >= 15 is 0 Å². The molecular weight excluding hydrogens is 276 g/mol. The van der Waals surface area contributed by atoms with E-state index in [1.807, 2.05) is 6.07 Å². The Morgan fingerprint density at radius 3 is 2.60 bits per heavy atom. The van der Waals surface area contributed by atoms with E-state index in [1.165, 1.54) is 13.4 Å². The van der Waals surface area contributed by atoms with Gasteiger partial charge in [-0.15, -0.1) is 0 Å². The lowest BCUT2D eigenvalue weighted by atomic mass is 9.83. The molecule has 1 fully saturated rings. The van der Waals surface area contributed by atoms with Gasteiger partial charge in [0, 0.05) is 12.2 Å². The molecule has 1 aromatic rings. The van der Waals surface area contributed by atoms with Gasteiger partial charge in [0.25, 0.3) is 0 Å². The molecule has 20 heavy (non-hydrogen) atoms. The molecule has 0 radical (unpaired) electrons. The fraction of sp³-hybridized carbons (Fsp3) is 0.533. The molecule has 5 heteroatoms. The molecular formula is C15H20O4S. The van der Waals surface area contributed by atoms with Gasteiger partial charge < -0.3 is 4.74 Å². The van der Waals surface area contributed by atoms with E-state index in [-0.39, 0.29) is 17.0 Å². The second-order valence-corrected chi connectivity index (χ2v) is 7.71. The lowest BCUT2D eigenvalue weighted by molar-refractivity contribution is 0.0888. The highest BCUT2D eigenvalue weighted by Crippen LogP contribution is 2.32. The highest BCUT2D eigenvalue weighted by Gasteiger charge is 2.33. The molecule has 0 amide bonds. The van der Waals surface area contributed by atoms with E-state index in [1.54, 1.807) is 18.2 Å². The zero-order valence-corrected chi connectivity index (χ0v) is 12.7. The molecule has 0 bridgehead atoms. The smallest absolute Gasteiger partial charge is 0.169 e. The lowest BCUT2D eigenvalue weighted by Crippen LogP contribution is -2.31. The van der Waals surface area contributed by atoms with Gasteiger partial charge in [-0.1, -0.05) is 18.6 Å². The number of hydrogen-bond acceptors (Lipinski definition) is 4.